The van der Waals surface area contributed by atoms with Gasteiger partial charge in [-0.25, -0.2) is 0 Å². The summed E-state index contributed by atoms with van der Waals surface area (Å²) < 4.78 is 11.7. The molecule has 0 radical (unpaired) electrons. The van der Waals surface area contributed by atoms with Crippen molar-refractivity contribution in [3.63, 3.8) is 0 Å². The molecule has 2 heterocycles. The molecule has 1 saturated heterocycles. The molecule has 9 heteroatoms. The number of carbonyl (C=O) groups excluding carboxylic acids is 2. The van der Waals surface area contributed by atoms with Crippen LogP contribution in [0.3, 0.4) is 0 Å². The summed E-state index contributed by atoms with van der Waals surface area (Å²) in [6, 6.07) is 1.63. The van der Waals surface area contributed by atoms with Gasteiger partial charge in [-0.2, -0.15) is 0 Å². The Kier molecular flexibility index (Phi) is 4.59. The Morgan fingerprint density at radius 1 is 1.21 bits per heavy atom. The monoisotopic (exact) mass is 390 g/mol. The van der Waals surface area contributed by atoms with E-state index in [0.29, 0.717) is 5.59 Å². The van der Waals surface area contributed by atoms with Crippen molar-refractivity contribution >= 4 is 56.5 Å². The Labute approximate surface area is 126 Å². The molecular formula is C10H9BBr2N2O4. The van der Waals surface area contributed by atoms with Gasteiger partial charge < -0.3 is 9.31 Å². The first-order valence-electron chi connectivity index (χ1n) is 5.34. The van der Waals surface area contributed by atoms with E-state index >= 15 is 0 Å². The van der Waals surface area contributed by atoms with Gasteiger partial charge in [0.1, 0.15) is 5.59 Å². The average Bonchev–Trinajstić information content (AvgIpc) is 2.29. The molecule has 1 aliphatic rings. The lowest BCUT2D eigenvalue weighted by Crippen LogP contribution is -2.48. The summed E-state index contributed by atoms with van der Waals surface area (Å²) in [7, 11) is 0.523. The molecule has 0 aliphatic carbocycles. The number of pyridine rings is 1. The first kappa shape index (κ1) is 14.5. The van der Waals surface area contributed by atoms with Crippen LogP contribution in [0.2, 0.25) is 0 Å². The van der Waals surface area contributed by atoms with Gasteiger partial charge >= 0.3 is 19.1 Å². The smallest absolute Gasteiger partial charge is 0.493 e. The number of rotatable bonds is 1. The zero-order valence-corrected chi connectivity index (χ0v) is 13.1. The minimum atomic E-state index is -1.11. The highest BCUT2D eigenvalue weighted by molar-refractivity contribution is 9.13. The third-order valence-electron chi connectivity index (χ3n) is 2.35. The lowest BCUT2D eigenvalue weighted by Gasteiger charge is -2.22. The van der Waals surface area contributed by atoms with Gasteiger partial charge in [0.25, 0.3) is 0 Å². The Morgan fingerprint density at radius 2 is 1.79 bits per heavy atom. The molecular weight excluding hydrogens is 383 g/mol. The van der Waals surface area contributed by atoms with Crippen LogP contribution in [0.25, 0.3) is 0 Å². The predicted molar refractivity (Wildman–Crippen MR) is 74.7 cm³/mol. The molecule has 6 nitrogen and oxygen atoms in total. The van der Waals surface area contributed by atoms with E-state index in [0.717, 1.165) is 8.95 Å². The summed E-state index contributed by atoms with van der Waals surface area (Å²) >= 11 is 6.59. The maximum absolute atomic E-state index is 11.6. The quantitative estimate of drug-likeness (QED) is 0.643. The van der Waals surface area contributed by atoms with Crippen LogP contribution in [0.15, 0.2) is 21.2 Å². The third-order valence-corrected chi connectivity index (χ3v) is 4.17. The fourth-order valence-corrected chi connectivity index (χ4v) is 2.07. The zero-order chi connectivity index (χ0) is 14.0. The van der Waals surface area contributed by atoms with Crippen LogP contribution in [0.1, 0.15) is 0 Å². The zero-order valence-electron chi connectivity index (χ0n) is 9.93. The van der Waals surface area contributed by atoms with Gasteiger partial charge in [0.2, 0.25) is 0 Å². The second kappa shape index (κ2) is 6.02. The van der Waals surface area contributed by atoms with E-state index in [1.54, 1.807) is 13.1 Å². The van der Waals surface area contributed by atoms with E-state index in [-0.39, 0.29) is 13.1 Å². The number of carbonyl (C=O) groups is 2. The first-order chi connectivity index (χ1) is 8.95. The molecule has 1 aromatic heterocycles. The molecule has 1 aliphatic heterocycles. The Hall–Kier alpha value is -0.925. The molecule has 0 amide bonds. The molecule has 1 fully saturated rings. The number of halogens is 2. The normalized spacial score (nSPS) is 17.5. The Balaban J connectivity index is 2.23. The highest BCUT2D eigenvalue weighted by atomic mass is 79.9. The minimum absolute atomic E-state index is 0.0310. The summed E-state index contributed by atoms with van der Waals surface area (Å²) in [6.07, 6.45) is 1.53. The molecule has 0 unspecified atom stereocenters. The summed E-state index contributed by atoms with van der Waals surface area (Å²) in [5.74, 6) is -0.943. The molecule has 19 heavy (non-hydrogen) atoms. The first-order valence-corrected chi connectivity index (χ1v) is 6.93. The van der Waals surface area contributed by atoms with Crippen molar-refractivity contribution < 1.29 is 18.9 Å². The van der Waals surface area contributed by atoms with Crippen molar-refractivity contribution in [2.24, 2.45) is 0 Å². The summed E-state index contributed by atoms with van der Waals surface area (Å²) in [4.78, 5) is 28.8. The molecule has 0 spiro atoms. The van der Waals surface area contributed by atoms with Crippen molar-refractivity contribution in [3.05, 3.63) is 21.2 Å². The van der Waals surface area contributed by atoms with E-state index in [2.05, 4.69) is 36.8 Å². The van der Waals surface area contributed by atoms with Gasteiger partial charge in [-0.15, -0.1) is 0 Å². The fourth-order valence-electron chi connectivity index (χ4n) is 1.51. The van der Waals surface area contributed by atoms with Crippen LogP contribution in [0, 0.1) is 0 Å². The lowest BCUT2D eigenvalue weighted by atomic mass is 9.83. The standard InChI is InChI=1S/C10H9BBr2N2O4/c1-15-4-9(16)18-11(19-10(17)5-15)8-2-6(12)7(13)3-14-8/h2-3H,4-5H2,1H3. The van der Waals surface area contributed by atoms with Crippen LogP contribution in [0.4, 0.5) is 0 Å². The fraction of sp³-hybridized carbons (Fsp3) is 0.300. The molecule has 0 atom stereocenters. The molecule has 0 N–H and O–H groups in total. The van der Waals surface area contributed by atoms with Gasteiger partial charge in [-0.1, -0.05) is 0 Å². The predicted octanol–water partition coefficient (Wildman–Crippen LogP) is 0.334. The summed E-state index contributed by atoms with van der Waals surface area (Å²) in [6.45, 7) is 0.0621. The molecule has 0 bridgehead atoms. The number of likely N-dealkylation sites (N-methyl/N-ethyl adjacent to an activating group) is 1. The largest absolute Gasteiger partial charge is 0.656 e. The maximum atomic E-state index is 11.6. The number of hydrogen-bond donors (Lipinski definition) is 0. The third kappa shape index (κ3) is 3.77. The summed E-state index contributed by atoms with van der Waals surface area (Å²) in [5.41, 5.74) is 0.348. The summed E-state index contributed by atoms with van der Waals surface area (Å²) in [5, 5.41) is 0. The highest BCUT2D eigenvalue weighted by Gasteiger charge is 2.35. The minimum Gasteiger partial charge on any atom is -0.493 e. The van der Waals surface area contributed by atoms with Gasteiger partial charge in [0.05, 0.1) is 13.1 Å². The second-order valence-electron chi connectivity index (χ2n) is 4.01. The molecule has 1 aromatic rings. The highest BCUT2D eigenvalue weighted by Crippen LogP contribution is 2.19. The molecule has 2 rings (SSSR count). The van der Waals surface area contributed by atoms with Crippen LogP contribution < -0.4 is 5.59 Å². The molecule has 100 valence electrons. The van der Waals surface area contributed by atoms with Crippen LogP contribution in [0.5, 0.6) is 0 Å². The topological polar surface area (TPSA) is 68.7 Å². The Bertz CT molecular complexity index is 508. The van der Waals surface area contributed by atoms with Gasteiger partial charge in [0, 0.05) is 15.1 Å². The van der Waals surface area contributed by atoms with E-state index < -0.39 is 19.1 Å². The lowest BCUT2D eigenvalue weighted by molar-refractivity contribution is -0.145. The van der Waals surface area contributed by atoms with Gasteiger partial charge in [-0.05, 0) is 45.0 Å². The van der Waals surface area contributed by atoms with Crippen molar-refractivity contribution in [1.82, 2.24) is 9.88 Å². The molecule has 0 aromatic carbocycles. The number of aromatic nitrogens is 1. The van der Waals surface area contributed by atoms with Crippen LogP contribution in [-0.4, -0.2) is 49.1 Å². The van der Waals surface area contributed by atoms with Crippen molar-refractivity contribution in [1.29, 1.82) is 0 Å². The average molecular weight is 392 g/mol. The van der Waals surface area contributed by atoms with Crippen molar-refractivity contribution in [2.45, 2.75) is 0 Å². The van der Waals surface area contributed by atoms with Crippen molar-refractivity contribution in [2.75, 3.05) is 20.1 Å². The van der Waals surface area contributed by atoms with E-state index in [1.165, 1.54) is 11.1 Å². The van der Waals surface area contributed by atoms with E-state index in [1.807, 2.05) is 0 Å². The SMILES string of the molecule is CN1CC(=O)OB(c2cc(Br)c(Br)cn2)OC(=O)C1. The number of nitrogens with zero attached hydrogens (tertiary/aromatic N) is 2. The van der Waals surface area contributed by atoms with E-state index in [4.69, 9.17) is 9.31 Å². The second-order valence-corrected chi connectivity index (χ2v) is 5.72. The molecule has 0 saturated carbocycles. The van der Waals surface area contributed by atoms with E-state index in [9.17, 15) is 9.59 Å². The number of hydrogen-bond acceptors (Lipinski definition) is 6. The van der Waals surface area contributed by atoms with Crippen LogP contribution >= 0.6 is 31.9 Å². The maximum Gasteiger partial charge on any atom is 0.656 e. The van der Waals surface area contributed by atoms with Gasteiger partial charge in [0.15, 0.2) is 0 Å². The van der Waals surface area contributed by atoms with Crippen LogP contribution in [-0.2, 0) is 18.9 Å². The van der Waals surface area contributed by atoms with Gasteiger partial charge in [-0.3, -0.25) is 19.5 Å². The van der Waals surface area contributed by atoms with Crippen molar-refractivity contribution in [3.8, 4) is 0 Å². The Morgan fingerprint density at radius 3 is 2.32 bits per heavy atom.